The Bertz CT molecular complexity index is 613. The number of aryl methyl sites for hydroxylation is 1. The summed E-state index contributed by atoms with van der Waals surface area (Å²) in [4.78, 5) is 5.57. The molecule has 0 amide bonds. The summed E-state index contributed by atoms with van der Waals surface area (Å²) >= 11 is 4.60. The SMILES string of the molecule is CCCNCc1sc(-c2ccc(F)c(F)c2Br)nc1C. The fraction of sp³-hybridized carbons (Fsp3) is 0.357. The summed E-state index contributed by atoms with van der Waals surface area (Å²) in [5, 5.41) is 4.01. The smallest absolute Gasteiger partial charge is 0.173 e. The minimum Gasteiger partial charge on any atom is -0.312 e. The molecule has 0 aliphatic carbocycles. The van der Waals surface area contributed by atoms with E-state index in [1.165, 1.54) is 11.3 Å². The molecule has 0 radical (unpaired) electrons. The van der Waals surface area contributed by atoms with Gasteiger partial charge in [-0.2, -0.15) is 0 Å². The summed E-state index contributed by atoms with van der Waals surface area (Å²) in [6, 6.07) is 2.67. The quantitative estimate of drug-likeness (QED) is 0.619. The Labute approximate surface area is 129 Å². The maximum absolute atomic E-state index is 13.6. The second kappa shape index (κ2) is 6.74. The van der Waals surface area contributed by atoms with Gasteiger partial charge >= 0.3 is 0 Å². The highest BCUT2D eigenvalue weighted by molar-refractivity contribution is 9.10. The number of aromatic nitrogens is 1. The predicted octanol–water partition coefficient (Wildman–Crippen LogP) is 4.66. The Morgan fingerprint density at radius 1 is 1.35 bits per heavy atom. The molecule has 0 unspecified atom stereocenters. The van der Waals surface area contributed by atoms with Gasteiger partial charge in [0.1, 0.15) is 5.01 Å². The normalized spacial score (nSPS) is 11.1. The number of thiazole rings is 1. The number of halogens is 3. The molecule has 0 aliphatic heterocycles. The van der Waals surface area contributed by atoms with Crippen molar-refractivity contribution >= 4 is 27.3 Å². The van der Waals surface area contributed by atoms with E-state index >= 15 is 0 Å². The number of rotatable bonds is 5. The van der Waals surface area contributed by atoms with Crippen LogP contribution in [0.2, 0.25) is 0 Å². The van der Waals surface area contributed by atoms with Crippen molar-refractivity contribution in [3.63, 3.8) is 0 Å². The maximum atomic E-state index is 13.6. The number of hydrogen-bond acceptors (Lipinski definition) is 3. The van der Waals surface area contributed by atoms with Crippen LogP contribution >= 0.6 is 27.3 Å². The van der Waals surface area contributed by atoms with E-state index in [1.54, 1.807) is 6.07 Å². The van der Waals surface area contributed by atoms with Gasteiger partial charge < -0.3 is 5.32 Å². The summed E-state index contributed by atoms with van der Waals surface area (Å²) in [5.74, 6) is -1.74. The molecule has 0 atom stereocenters. The van der Waals surface area contributed by atoms with Gasteiger partial charge in [0.15, 0.2) is 11.6 Å². The first-order valence-corrected chi connectivity index (χ1v) is 7.96. The molecule has 1 N–H and O–H groups in total. The Morgan fingerprint density at radius 3 is 2.80 bits per heavy atom. The molecule has 2 nitrogen and oxygen atoms in total. The summed E-state index contributed by atoms with van der Waals surface area (Å²) in [6.07, 6.45) is 1.07. The Balaban J connectivity index is 2.30. The molecule has 0 fully saturated rings. The van der Waals surface area contributed by atoms with E-state index in [1.807, 2.05) is 6.92 Å². The molecule has 2 aromatic rings. The number of benzene rings is 1. The van der Waals surface area contributed by atoms with Crippen molar-refractivity contribution in [3.05, 3.63) is 38.8 Å². The Kier molecular flexibility index (Phi) is 5.23. The Morgan fingerprint density at radius 2 is 2.10 bits per heavy atom. The number of nitrogens with zero attached hydrogens (tertiary/aromatic N) is 1. The number of hydrogen-bond donors (Lipinski definition) is 1. The van der Waals surface area contributed by atoms with Gasteiger partial charge in [0.2, 0.25) is 0 Å². The van der Waals surface area contributed by atoms with Crippen LogP contribution in [-0.4, -0.2) is 11.5 Å². The molecule has 0 saturated heterocycles. The highest BCUT2D eigenvalue weighted by Gasteiger charge is 2.16. The summed E-state index contributed by atoms with van der Waals surface area (Å²) in [5.41, 5.74) is 1.50. The zero-order chi connectivity index (χ0) is 14.7. The van der Waals surface area contributed by atoms with Gasteiger partial charge in [-0.15, -0.1) is 11.3 Å². The van der Waals surface area contributed by atoms with E-state index in [9.17, 15) is 8.78 Å². The second-order valence-electron chi connectivity index (χ2n) is 4.43. The third kappa shape index (κ3) is 3.24. The van der Waals surface area contributed by atoms with E-state index in [0.717, 1.165) is 36.1 Å². The van der Waals surface area contributed by atoms with Gasteiger partial charge in [-0.3, -0.25) is 0 Å². The van der Waals surface area contributed by atoms with Crippen molar-refractivity contribution in [1.82, 2.24) is 10.3 Å². The zero-order valence-corrected chi connectivity index (χ0v) is 13.7. The van der Waals surface area contributed by atoms with Crippen molar-refractivity contribution in [2.45, 2.75) is 26.8 Å². The monoisotopic (exact) mass is 360 g/mol. The van der Waals surface area contributed by atoms with Crippen LogP contribution in [-0.2, 0) is 6.54 Å². The van der Waals surface area contributed by atoms with Crippen molar-refractivity contribution in [3.8, 4) is 10.6 Å². The average molecular weight is 361 g/mol. The van der Waals surface area contributed by atoms with E-state index < -0.39 is 11.6 Å². The largest absolute Gasteiger partial charge is 0.312 e. The lowest BCUT2D eigenvalue weighted by Crippen LogP contribution is -2.13. The van der Waals surface area contributed by atoms with E-state index in [-0.39, 0.29) is 4.47 Å². The fourth-order valence-electron chi connectivity index (χ4n) is 1.78. The van der Waals surface area contributed by atoms with Gasteiger partial charge in [0.05, 0.1) is 10.2 Å². The van der Waals surface area contributed by atoms with Crippen molar-refractivity contribution < 1.29 is 8.78 Å². The molecule has 0 aliphatic rings. The van der Waals surface area contributed by atoms with Gasteiger partial charge in [-0.05, 0) is 48.0 Å². The van der Waals surface area contributed by atoms with Gasteiger partial charge in [0, 0.05) is 17.0 Å². The molecule has 1 aromatic heterocycles. The van der Waals surface area contributed by atoms with Crippen LogP contribution in [0.15, 0.2) is 16.6 Å². The molecule has 1 aromatic carbocycles. The third-order valence-electron chi connectivity index (χ3n) is 2.87. The molecule has 108 valence electrons. The minimum atomic E-state index is -0.874. The highest BCUT2D eigenvalue weighted by atomic mass is 79.9. The van der Waals surface area contributed by atoms with Crippen LogP contribution in [0.4, 0.5) is 8.78 Å². The van der Waals surface area contributed by atoms with Crippen molar-refractivity contribution in [1.29, 1.82) is 0 Å². The summed E-state index contributed by atoms with van der Waals surface area (Å²) < 4.78 is 26.8. The van der Waals surface area contributed by atoms with Crippen LogP contribution in [0, 0.1) is 18.6 Å². The molecule has 0 spiro atoms. The number of nitrogens with one attached hydrogen (secondary N) is 1. The predicted molar refractivity (Wildman–Crippen MR) is 81.9 cm³/mol. The minimum absolute atomic E-state index is 0.124. The third-order valence-corrected chi connectivity index (χ3v) is 4.84. The van der Waals surface area contributed by atoms with Crippen LogP contribution in [0.5, 0.6) is 0 Å². The van der Waals surface area contributed by atoms with Gasteiger partial charge in [-0.25, -0.2) is 13.8 Å². The second-order valence-corrected chi connectivity index (χ2v) is 6.30. The maximum Gasteiger partial charge on any atom is 0.173 e. The Hall–Kier alpha value is -0.850. The van der Waals surface area contributed by atoms with Crippen LogP contribution in [0.3, 0.4) is 0 Å². The topological polar surface area (TPSA) is 24.9 Å². The van der Waals surface area contributed by atoms with E-state index in [4.69, 9.17) is 0 Å². The molecular weight excluding hydrogens is 346 g/mol. The van der Waals surface area contributed by atoms with Gasteiger partial charge in [0.25, 0.3) is 0 Å². The molecule has 6 heteroatoms. The summed E-state index contributed by atoms with van der Waals surface area (Å²) in [7, 11) is 0. The van der Waals surface area contributed by atoms with Crippen molar-refractivity contribution in [2.24, 2.45) is 0 Å². The first-order chi connectivity index (χ1) is 9.54. The van der Waals surface area contributed by atoms with Crippen LogP contribution in [0.1, 0.15) is 23.9 Å². The molecule has 0 saturated carbocycles. The van der Waals surface area contributed by atoms with Crippen LogP contribution < -0.4 is 5.32 Å². The lowest BCUT2D eigenvalue weighted by atomic mass is 10.2. The standard InChI is InChI=1S/C14H15BrF2N2S/c1-3-6-18-7-11-8(2)19-14(20-11)9-4-5-10(16)13(17)12(9)15/h4-5,18H,3,6-7H2,1-2H3. The fourth-order valence-corrected chi connectivity index (χ4v) is 3.48. The molecule has 20 heavy (non-hydrogen) atoms. The summed E-state index contributed by atoms with van der Waals surface area (Å²) in [6.45, 7) is 5.73. The first-order valence-electron chi connectivity index (χ1n) is 6.35. The lowest BCUT2D eigenvalue weighted by Gasteiger charge is -2.02. The molecule has 1 heterocycles. The van der Waals surface area contributed by atoms with Gasteiger partial charge in [-0.1, -0.05) is 6.92 Å². The molecule has 0 bridgehead atoms. The van der Waals surface area contributed by atoms with E-state index in [0.29, 0.717) is 10.6 Å². The zero-order valence-electron chi connectivity index (χ0n) is 11.3. The average Bonchev–Trinajstić information content (AvgIpc) is 2.78. The first kappa shape index (κ1) is 15.5. The van der Waals surface area contributed by atoms with Crippen molar-refractivity contribution in [2.75, 3.05) is 6.54 Å². The molecular formula is C14H15BrF2N2S. The lowest BCUT2D eigenvalue weighted by molar-refractivity contribution is 0.505. The van der Waals surface area contributed by atoms with Crippen LogP contribution in [0.25, 0.3) is 10.6 Å². The van der Waals surface area contributed by atoms with E-state index in [2.05, 4.69) is 33.2 Å². The molecule has 2 rings (SSSR count). The highest BCUT2D eigenvalue weighted by Crippen LogP contribution is 2.35.